The number of para-hydroxylation sites is 1. The minimum Gasteiger partial charge on any atom is -0.496 e. The summed E-state index contributed by atoms with van der Waals surface area (Å²) in [5, 5.41) is 3.40. The van der Waals surface area contributed by atoms with Gasteiger partial charge in [0.1, 0.15) is 5.75 Å². The lowest BCUT2D eigenvalue weighted by Gasteiger charge is -2.31. The summed E-state index contributed by atoms with van der Waals surface area (Å²) in [7, 11) is 1.75. The van der Waals surface area contributed by atoms with Gasteiger partial charge in [0.15, 0.2) is 0 Å². The molecule has 0 aliphatic rings. The second-order valence-corrected chi connectivity index (χ2v) is 4.65. The molecule has 1 rings (SSSR count). The van der Waals surface area contributed by atoms with Crippen LogP contribution < -0.4 is 10.1 Å². The van der Waals surface area contributed by atoms with Gasteiger partial charge >= 0.3 is 0 Å². The van der Waals surface area contributed by atoms with Crippen molar-refractivity contribution in [2.75, 3.05) is 33.3 Å². The van der Waals surface area contributed by atoms with Crippen molar-refractivity contribution in [1.82, 2.24) is 10.2 Å². The number of benzene rings is 1. The Morgan fingerprint density at radius 3 is 2.53 bits per heavy atom. The lowest BCUT2D eigenvalue weighted by atomic mass is 10.0. The van der Waals surface area contributed by atoms with Gasteiger partial charge in [-0.2, -0.15) is 0 Å². The van der Waals surface area contributed by atoms with Crippen LogP contribution in [-0.2, 0) is 0 Å². The van der Waals surface area contributed by atoms with Crippen LogP contribution in [0, 0.1) is 0 Å². The van der Waals surface area contributed by atoms with Crippen LogP contribution in [0.15, 0.2) is 24.3 Å². The lowest BCUT2D eigenvalue weighted by Crippen LogP contribution is -2.35. The molecule has 1 aromatic rings. The molecule has 0 fully saturated rings. The second kappa shape index (κ2) is 8.94. The molecule has 19 heavy (non-hydrogen) atoms. The van der Waals surface area contributed by atoms with E-state index in [2.05, 4.69) is 49.2 Å². The van der Waals surface area contributed by atoms with E-state index in [-0.39, 0.29) is 0 Å². The van der Waals surface area contributed by atoms with Crippen LogP contribution in [0.25, 0.3) is 0 Å². The maximum absolute atomic E-state index is 5.51. The van der Waals surface area contributed by atoms with E-state index < -0.39 is 0 Å². The summed E-state index contributed by atoms with van der Waals surface area (Å²) in [5.41, 5.74) is 1.30. The van der Waals surface area contributed by atoms with E-state index in [1.165, 1.54) is 5.56 Å². The van der Waals surface area contributed by atoms with Crippen molar-refractivity contribution >= 4 is 0 Å². The first kappa shape index (κ1) is 16.0. The second-order valence-electron chi connectivity index (χ2n) is 4.65. The highest BCUT2D eigenvalue weighted by Gasteiger charge is 2.19. The molecular weight excluding hydrogens is 236 g/mol. The molecule has 1 unspecified atom stereocenters. The van der Waals surface area contributed by atoms with Crippen molar-refractivity contribution in [1.29, 1.82) is 0 Å². The van der Waals surface area contributed by atoms with Crippen LogP contribution in [0.1, 0.15) is 38.8 Å². The van der Waals surface area contributed by atoms with Crippen molar-refractivity contribution in [2.24, 2.45) is 0 Å². The Morgan fingerprint density at radius 1 is 1.21 bits per heavy atom. The van der Waals surface area contributed by atoms with Crippen molar-refractivity contribution in [3.8, 4) is 5.75 Å². The van der Waals surface area contributed by atoms with Crippen LogP contribution in [0.2, 0.25) is 0 Å². The van der Waals surface area contributed by atoms with E-state index >= 15 is 0 Å². The van der Waals surface area contributed by atoms with Crippen LogP contribution >= 0.6 is 0 Å². The summed E-state index contributed by atoms with van der Waals surface area (Å²) >= 11 is 0. The monoisotopic (exact) mass is 264 g/mol. The van der Waals surface area contributed by atoms with Gasteiger partial charge in [0, 0.05) is 24.7 Å². The third-order valence-corrected chi connectivity index (χ3v) is 3.56. The van der Waals surface area contributed by atoms with Crippen LogP contribution in [-0.4, -0.2) is 38.2 Å². The van der Waals surface area contributed by atoms with Gasteiger partial charge in [0.25, 0.3) is 0 Å². The van der Waals surface area contributed by atoms with Gasteiger partial charge in [0.05, 0.1) is 7.11 Å². The summed E-state index contributed by atoms with van der Waals surface area (Å²) in [6.45, 7) is 10.8. The molecule has 0 heterocycles. The van der Waals surface area contributed by atoms with Gasteiger partial charge in [-0.25, -0.2) is 0 Å². The topological polar surface area (TPSA) is 24.5 Å². The van der Waals surface area contributed by atoms with E-state index in [1.807, 2.05) is 6.07 Å². The smallest absolute Gasteiger partial charge is 0.123 e. The fourth-order valence-corrected chi connectivity index (χ4v) is 2.55. The van der Waals surface area contributed by atoms with E-state index in [9.17, 15) is 0 Å². The van der Waals surface area contributed by atoms with E-state index in [0.29, 0.717) is 6.04 Å². The van der Waals surface area contributed by atoms with Gasteiger partial charge in [-0.1, -0.05) is 39.0 Å². The molecule has 0 bridgehead atoms. The van der Waals surface area contributed by atoms with Crippen molar-refractivity contribution in [2.45, 2.75) is 33.2 Å². The molecule has 3 nitrogen and oxygen atoms in total. The highest BCUT2D eigenvalue weighted by molar-refractivity contribution is 5.35. The summed E-state index contributed by atoms with van der Waals surface area (Å²) in [5.74, 6) is 0.997. The zero-order chi connectivity index (χ0) is 14.1. The Bertz CT molecular complexity index is 354. The number of nitrogens with zero attached hydrogens (tertiary/aromatic N) is 1. The van der Waals surface area contributed by atoms with Crippen LogP contribution in [0.3, 0.4) is 0 Å². The minimum absolute atomic E-state index is 0.430. The molecule has 1 atom stereocenters. The molecule has 1 N–H and O–H groups in total. The number of ether oxygens (including phenoxy) is 1. The first-order chi connectivity index (χ1) is 9.28. The van der Waals surface area contributed by atoms with E-state index in [0.717, 1.165) is 38.3 Å². The Morgan fingerprint density at radius 2 is 1.95 bits per heavy atom. The Labute approximate surface area is 118 Å². The van der Waals surface area contributed by atoms with Gasteiger partial charge < -0.3 is 10.1 Å². The fraction of sp³-hybridized carbons (Fsp3) is 0.625. The molecular formula is C16H28N2O. The number of hydrogen-bond acceptors (Lipinski definition) is 3. The normalized spacial score (nSPS) is 12.7. The number of methoxy groups -OCH3 is 1. The molecule has 0 saturated carbocycles. The molecule has 0 aliphatic heterocycles. The quantitative estimate of drug-likeness (QED) is 0.694. The number of nitrogens with one attached hydrogen (secondary N) is 1. The molecule has 0 spiro atoms. The predicted molar refractivity (Wildman–Crippen MR) is 81.8 cm³/mol. The molecule has 0 amide bonds. The fourth-order valence-electron chi connectivity index (χ4n) is 2.55. The molecule has 0 aromatic heterocycles. The molecule has 0 saturated heterocycles. The average molecular weight is 264 g/mol. The summed E-state index contributed by atoms with van der Waals surface area (Å²) in [6.07, 6.45) is 1.10. The zero-order valence-electron chi connectivity index (χ0n) is 12.8. The van der Waals surface area contributed by atoms with Crippen LogP contribution in [0.4, 0.5) is 0 Å². The number of rotatable bonds is 9. The summed E-state index contributed by atoms with van der Waals surface area (Å²) < 4.78 is 5.51. The average Bonchev–Trinajstić information content (AvgIpc) is 2.47. The van der Waals surface area contributed by atoms with Gasteiger partial charge in [-0.05, 0) is 25.6 Å². The van der Waals surface area contributed by atoms with Crippen molar-refractivity contribution in [3.63, 3.8) is 0 Å². The third-order valence-electron chi connectivity index (χ3n) is 3.56. The molecule has 1 aromatic carbocycles. The first-order valence-electron chi connectivity index (χ1n) is 7.36. The minimum atomic E-state index is 0.430. The Kier molecular flexibility index (Phi) is 7.53. The molecule has 3 heteroatoms. The van der Waals surface area contributed by atoms with Crippen molar-refractivity contribution in [3.05, 3.63) is 29.8 Å². The summed E-state index contributed by atoms with van der Waals surface area (Å²) in [4.78, 5) is 2.51. The van der Waals surface area contributed by atoms with Crippen LogP contribution in [0.5, 0.6) is 5.75 Å². The van der Waals surface area contributed by atoms with Gasteiger partial charge in [0.2, 0.25) is 0 Å². The maximum atomic E-state index is 5.51. The summed E-state index contributed by atoms with van der Waals surface area (Å²) in [6, 6.07) is 8.79. The van der Waals surface area contributed by atoms with Gasteiger partial charge in [-0.3, -0.25) is 4.90 Å². The van der Waals surface area contributed by atoms with Gasteiger partial charge in [-0.15, -0.1) is 0 Å². The number of hydrogen-bond donors (Lipinski definition) is 1. The highest BCUT2D eigenvalue weighted by Crippen LogP contribution is 2.31. The number of likely N-dealkylation sites (N-methyl/N-ethyl adjacent to an activating group) is 2. The lowest BCUT2D eigenvalue weighted by molar-refractivity contribution is 0.199. The SMILES string of the molecule is CCNCCN(CC)C(CC)c1ccccc1OC. The standard InChI is InChI=1S/C16H28N2O/c1-5-15(18(7-3)13-12-17-6-2)14-10-8-9-11-16(14)19-4/h8-11,15,17H,5-7,12-13H2,1-4H3. The molecule has 0 aliphatic carbocycles. The predicted octanol–water partition coefficient (Wildman–Crippen LogP) is 3.08. The zero-order valence-corrected chi connectivity index (χ0v) is 12.8. The van der Waals surface area contributed by atoms with Crippen molar-refractivity contribution < 1.29 is 4.74 Å². The Hall–Kier alpha value is -1.06. The molecule has 0 radical (unpaired) electrons. The Balaban J connectivity index is 2.84. The third kappa shape index (κ3) is 4.51. The van der Waals surface area contributed by atoms with E-state index in [1.54, 1.807) is 7.11 Å². The molecule has 108 valence electrons. The first-order valence-corrected chi connectivity index (χ1v) is 7.36. The van der Waals surface area contributed by atoms with E-state index in [4.69, 9.17) is 4.74 Å². The highest BCUT2D eigenvalue weighted by atomic mass is 16.5. The largest absolute Gasteiger partial charge is 0.496 e. The maximum Gasteiger partial charge on any atom is 0.123 e.